The number of hydrogen-bond donors (Lipinski definition) is 1. The summed E-state index contributed by atoms with van der Waals surface area (Å²) in [5.74, 6) is 0.809. The van der Waals surface area contributed by atoms with Crippen molar-refractivity contribution in [2.24, 2.45) is 5.73 Å². The maximum absolute atomic E-state index is 5.49. The Kier molecular flexibility index (Phi) is 3.64. The van der Waals surface area contributed by atoms with E-state index in [0.717, 1.165) is 22.3 Å². The highest BCUT2D eigenvalue weighted by molar-refractivity contribution is 9.10. The van der Waals surface area contributed by atoms with Gasteiger partial charge in [0.1, 0.15) is 5.82 Å². The van der Waals surface area contributed by atoms with Gasteiger partial charge in [0.05, 0.1) is 0 Å². The highest BCUT2D eigenvalue weighted by atomic mass is 79.9. The molecule has 1 aromatic heterocycles. The molecule has 0 bridgehead atoms. The zero-order chi connectivity index (χ0) is 11.4. The average Bonchev–Trinajstić information content (AvgIpc) is 2.33. The second kappa shape index (κ2) is 5.18. The summed E-state index contributed by atoms with van der Waals surface area (Å²) in [4.78, 5) is 8.55. The minimum absolute atomic E-state index is 0.481. The molecule has 0 radical (unpaired) electrons. The van der Waals surface area contributed by atoms with E-state index in [1.165, 1.54) is 5.56 Å². The number of nitrogens with two attached hydrogens (primary N) is 1. The molecular formula is C12H12BrN3. The molecule has 0 aliphatic rings. The average molecular weight is 278 g/mol. The van der Waals surface area contributed by atoms with Gasteiger partial charge in [0.15, 0.2) is 0 Å². The lowest BCUT2D eigenvalue weighted by Crippen LogP contribution is -2.02. The molecule has 0 spiro atoms. The lowest BCUT2D eigenvalue weighted by Gasteiger charge is -2.03. The molecule has 2 aromatic rings. The maximum atomic E-state index is 5.49. The normalized spacial score (nSPS) is 10.4. The minimum Gasteiger partial charge on any atom is -0.326 e. The second-order valence-electron chi connectivity index (χ2n) is 3.48. The third-order valence-electron chi connectivity index (χ3n) is 2.30. The lowest BCUT2D eigenvalue weighted by molar-refractivity contribution is 0.923. The van der Waals surface area contributed by atoms with Crippen LogP contribution in [0, 0.1) is 0 Å². The molecular weight excluding hydrogens is 266 g/mol. The Hall–Kier alpha value is -1.26. The van der Waals surface area contributed by atoms with Gasteiger partial charge < -0.3 is 5.73 Å². The van der Waals surface area contributed by atoms with E-state index in [9.17, 15) is 0 Å². The Morgan fingerprint density at radius 2 is 1.81 bits per heavy atom. The summed E-state index contributed by atoms with van der Waals surface area (Å²) in [7, 11) is 0. The first-order valence-corrected chi connectivity index (χ1v) is 5.82. The van der Waals surface area contributed by atoms with Gasteiger partial charge in [0.25, 0.3) is 0 Å². The summed E-state index contributed by atoms with van der Waals surface area (Å²) < 4.78 is 1.08. The zero-order valence-corrected chi connectivity index (χ0v) is 10.3. The summed E-state index contributed by atoms with van der Waals surface area (Å²) in [6.07, 6.45) is 4.28. The van der Waals surface area contributed by atoms with Crippen molar-refractivity contribution in [2.45, 2.75) is 13.0 Å². The molecule has 0 amide bonds. The molecule has 0 aliphatic heterocycles. The van der Waals surface area contributed by atoms with Crippen LogP contribution in [0.3, 0.4) is 0 Å². The fourth-order valence-corrected chi connectivity index (χ4v) is 1.82. The van der Waals surface area contributed by atoms with E-state index < -0.39 is 0 Å². The fourth-order valence-electron chi connectivity index (χ4n) is 1.39. The van der Waals surface area contributed by atoms with Crippen molar-refractivity contribution >= 4 is 15.9 Å². The van der Waals surface area contributed by atoms with Crippen LogP contribution in [0.4, 0.5) is 0 Å². The smallest absolute Gasteiger partial charge is 0.132 e. The third-order valence-corrected chi connectivity index (χ3v) is 3.07. The van der Waals surface area contributed by atoms with Crippen molar-refractivity contribution in [1.29, 1.82) is 0 Å². The fraction of sp³-hybridized carbons (Fsp3) is 0.167. The van der Waals surface area contributed by atoms with Crippen molar-refractivity contribution in [3.63, 3.8) is 0 Å². The predicted octanol–water partition coefficient (Wildman–Crippen LogP) is 2.29. The van der Waals surface area contributed by atoms with Crippen LogP contribution in [0.5, 0.6) is 0 Å². The van der Waals surface area contributed by atoms with Gasteiger partial charge in [0, 0.05) is 35.4 Å². The molecule has 0 saturated carbocycles. The quantitative estimate of drug-likeness (QED) is 0.937. The molecule has 2 rings (SSSR count). The van der Waals surface area contributed by atoms with Crippen molar-refractivity contribution in [3.8, 4) is 0 Å². The first-order valence-electron chi connectivity index (χ1n) is 5.03. The van der Waals surface area contributed by atoms with E-state index in [0.29, 0.717) is 6.54 Å². The van der Waals surface area contributed by atoms with E-state index >= 15 is 0 Å². The van der Waals surface area contributed by atoms with Gasteiger partial charge in [-0.15, -0.1) is 0 Å². The van der Waals surface area contributed by atoms with E-state index in [1.807, 2.05) is 18.2 Å². The summed E-state index contributed by atoms with van der Waals surface area (Å²) in [5.41, 5.74) is 7.63. The van der Waals surface area contributed by atoms with Crippen LogP contribution < -0.4 is 5.73 Å². The Morgan fingerprint density at radius 1 is 1.12 bits per heavy atom. The maximum Gasteiger partial charge on any atom is 0.132 e. The zero-order valence-electron chi connectivity index (χ0n) is 8.73. The van der Waals surface area contributed by atoms with Crippen LogP contribution in [0.15, 0.2) is 41.1 Å². The van der Waals surface area contributed by atoms with Gasteiger partial charge in [-0.3, -0.25) is 0 Å². The summed E-state index contributed by atoms with van der Waals surface area (Å²) in [6.45, 7) is 0.481. The molecule has 3 nitrogen and oxygen atoms in total. The SMILES string of the molecule is NCc1cnc(Cc2ccccc2Br)nc1. The molecule has 2 N–H and O–H groups in total. The second-order valence-corrected chi connectivity index (χ2v) is 4.33. The number of rotatable bonds is 3. The van der Waals surface area contributed by atoms with Gasteiger partial charge in [-0.2, -0.15) is 0 Å². The van der Waals surface area contributed by atoms with Crippen molar-refractivity contribution < 1.29 is 0 Å². The van der Waals surface area contributed by atoms with Gasteiger partial charge >= 0.3 is 0 Å². The van der Waals surface area contributed by atoms with E-state index in [-0.39, 0.29) is 0 Å². The number of nitrogens with zero attached hydrogens (tertiary/aromatic N) is 2. The van der Waals surface area contributed by atoms with Crippen LogP contribution >= 0.6 is 15.9 Å². The topological polar surface area (TPSA) is 51.8 Å². The Morgan fingerprint density at radius 3 is 2.44 bits per heavy atom. The molecule has 1 heterocycles. The standard InChI is InChI=1S/C12H12BrN3/c13-11-4-2-1-3-10(11)5-12-15-7-9(6-14)8-16-12/h1-4,7-8H,5-6,14H2. The molecule has 0 saturated heterocycles. The Bertz CT molecular complexity index is 468. The van der Waals surface area contributed by atoms with Crippen LogP contribution in [-0.4, -0.2) is 9.97 Å². The molecule has 16 heavy (non-hydrogen) atoms. The molecule has 4 heteroatoms. The van der Waals surface area contributed by atoms with E-state index in [4.69, 9.17) is 5.73 Å². The Labute approximate surface area is 103 Å². The molecule has 0 aliphatic carbocycles. The van der Waals surface area contributed by atoms with E-state index in [2.05, 4.69) is 32.0 Å². The van der Waals surface area contributed by atoms with Gasteiger partial charge in [-0.05, 0) is 11.6 Å². The third kappa shape index (κ3) is 2.65. The van der Waals surface area contributed by atoms with Crippen LogP contribution in [0.25, 0.3) is 0 Å². The molecule has 0 unspecified atom stereocenters. The Balaban J connectivity index is 2.18. The lowest BCUT2D eigenvalue weighted by atomic mass is 10.1. The molecule has 1 aromatic carbocycles. The monoisotopic (exact) mass is 277 g/mol. The van der Waals surface area contributed by atoms with Gasteiger partial charge in [-0.1, -0.05) is 34.1 Å². The van der Waals surface area contributed by atoms with Crippen LogP contribution in [-0.2, 0) is 13.0 Å². The summed E-state index contributed by atoms with van der Waals surface area (Å²) in [6, 6.07) is 8.08. The van der Waals surface area contributed by atoms with E-state index in [1.54, 1.807) is 12.4 Å². The van der Waals surface area contributed by atoms with Crippen LogP contribution in [0.1, 0.15) is 17.0 Å². The number of benzene rings is 1. The molecule has 0 fully saturated rings. The largest absolute Gasteiger partial charge is 0.326 e. The first kappa shape index (κ1) is 11.2. The highest BCUT2D eigenvalue weighted by Gasteiger charge is 2.02. The van der Waals surface area contributed by atoms with Crippen molar-refractivity contribution in [1.82, 2.24) is 9.97 Å². The summed E-state index contributed by atoms with van der Waals surface area (Å²) >= 11 is 3.51. The molecule has 0 atom stereocenters. The first-order chi connectivity index (χ1) is 7.79. The number of halogens is 1. The number of aromatic nitrogens is 2. The minimum atomic E-state index is 0.481. The van der Waals surface area contributed by atoms with Crippen molar-refractivity contribution in [2.75, 3.05) is 0 Å². The number of hydrogen-bond acceptors (Lipinski definition) is 3. The van der Waals surface area contributed by atoms with Gasteiger partial charge in [0.2, 0.25) is 0 Å². The molecule has 82 valence electrons. The van der Waals surface area contributed by atoms with Crippen molar-refractivity contribution in [3.05, 3.63) is 58.1 Å². The summed E-state index contributed by atoms with van der Waals surface area (Å²) in [5, 5.41) is 0. The van der Waals surface area contributed by atoms with Crippen LogP contribution in [0.2, 0.25) is 0 Å². The predicted molar refractivity (Wildman–Crippen MR) is 66.9 cm³/mol. The van der Waals surface area contributed by atoms with Gasteiger partial charge in [-0.25, -0.2) is 9.97 Å². The highest BCUT2D eigenvalue weighted by Crippen LogP contribution is 2.17.